The monoisotopic (exact) mass is 240 g/mol. The van der Waals surface area contributed by atoms with Gasteiger partial charge in [-0.15, -0.1) is 0 Å². The van der Waals surface area contributed by atoms with Gasteiger partial charge in [0.2, 0.25) is 0 Å². The highest BCUT2D eigenvalue weighted by molar-refractivity contribution is 4.71. The number of ether oxygens (including phenoxy) is 1. The lowest BCUT2D eigenvalue weighted by molar-refractivity contribution is -0.124. The van der Waals surface area contributed by atoms with Gasteiger partial charge in [-0.05, 0) is 18.8 Å². The zero-order valence-electron chi connectivity index (χ0n) is 9.28. The minimum atomic E-state index is -4.12. The van der Waals surface area contributed by atoms with Crippen molar-refractivity contribution in [2.45, 2.75) is 19.0 Å². The van der Waals surface area contributed by atoms with Crippen LogP contribution >= 0.6 is 0 Å². The summed E-state index contributed by atoms with van der Waals surface area (Å²) in [6, 6.07) is 0. The highest BCUT2D eigenvalue weighted by Crippen LogP contribution is 2.28. The van der Waals surface area contributed by atoms with Gasteiger partial charge in [-0.1, -0.05) is 0 Å². The molecule has 2 N–H and O–H groups in total. The molecule has 1 fully saturated rings. The summed E-state index contributed by atoms with van der Waals surface area (Å²) in [4.78, 5) is 0. The summed E-state index contributed by atoms with van der Waals surface area (Å²) >= 11 is 0. The van der Waals surface area contributed by atoms with Crippen molar-refractivity contribution < 1.29 is 17.9 Å². The van der Waals surface area contributed by atoms with Crippen molar-refractivity contribution in [2.75, 3.05) is 39.4 Å². The molecule has 0 bridgehead atoms. The Balaban J connectivity index is 1.70. The van der Waals surface area contributed by atoms with E-state index in [-0.39, 0.29) is 0 Å². The van der Waals surface area contributed by atoms with Crippen LogP contribution in [0.1, 0.15) is 12.8 Å². The van der Waals surface area contributed by atoms with Gasteiger partial charge in [0.15, 0.2) is 0 Å². The maximum Gasteiger partial charge on any atom is 0.401 e. The third kappa shape index (κ3) is 8.94. The molecule has 0 aromatic carbocycles. The first-order valence-corrected chi connectivity index (χ1v) is 5.64. The van der Waals surface area contributed by atoms with Crippen LogP contribution in [0.2, 0.25) is 0 Å². The van der Waals surface area contributed by atoms with Crippen LogP contribution in [0, 0.1) is 5.92 Å². The van der Waals surface area contributed by atoms with Crippen molar-refractivity contribution in [3.8, 4) is 0 Å². The summed E-state index contributed by atoms with van der Waals surface area (Å²) in [5.74, 6) is 0.758. The van der Waals surface area contributed by atoms with E-state index in [9.17, 15) is 13.2 Å². The van der Waals surface area contributed by atoms with E-state index in [0.717, 1.165) is 12.5 Å². The summed E-state index contributed by atoms with van der Waals surface area (Å²) in [7, 11) is 0. The first-order valence-electron chi connectivity index (χ1n) is 5.64. The lowest BCUT2D eigenvalue weighted by Gasteiger charge is -2.09. The average Bonchev–Trinajstić information content (AvgIpc) is 2.97. The molecular formula is C10H19F3N2O. The Hall–Kier alpha value is -0.330. The molecule has 1 saturated carbocycles. The molecule has 6 heteroatoms. The van der Waals surface area contributed by atoms with E-state index in [2.05, 4.69) is 10.6 Å². The molecule has 0 aliphatic heterocycles. The van der Waals surface area contributed by atoms with Crippen LogP contribution in [0.5, 0.6) is 0 Å². The van der Waals surface area contributed by atoms with E-state index < -0.39 is 12.7 Å². The Morgan fingerprint density at radius 3 is 2.38 bits per heavy atom. The fourth-order valence-electron chi connectivity index (χ4n) is 1.21. The largest absolute Gasteiger partial charge is 0.401 e. The first kappa shape index (κ1) is 13.7. The molecule has 0 amide bonds. The molecule has 0 radical (unpaired) electrons. The van der Waals surface area contributed by atoms with E-state index in [4.69, 9.17) is 4.74 Å². The van der Waals surface area contributed by atoms with Crippen LogP contribution < -0.4 is 10.6 Å². The molecule has 96 valence electrons. The van der Waals surface area contributed by atoms with E-state index >= 15 is 0 Å². The van der Waals surface area contributed by atoms with Gasteiger partial charge in [-0.2, -0.15) is 13.2 Å². The van der Waals surface area contributed by atoms with Gasteiger partial charge in [-0.25, -0.2) is 0 Å². The fourth-order valence-corrected chi connectivity index (χ4v) is 1.21. The van der Waals surface area contributed by atoms with E-state index in [1.54, 1.807) is 0 Å². The Kier molecular flexibility index (Phi) is 6.08. The van der Waals surface area contributed by atoms with Crippen molar-refractivity contribution in [1.82, 2.24) is 10.6 Å². The number of hydrogen-bond acceptors (Lipinski definition) is 3. The van der Waals surface area contributed by atoms with Gasteiger partial charge in [-0.3, -0.25) is 0 Å². The molecule has 0 aromatic rings. The van der Waals surface area contributed by atoms with Crippen LogP contribution in [0.25, 0.3) is 0 Å². The second-order valence-corrected chi connectivity index (χ2v) is 4.06. The Morgan fingerprint density at radius 2 is 1.75 bits per heavy atom. The lowest BCUT2D eigenvalue weighted by Crippen LogP contribution is -2.35. The number of nitrogens with one attached hydrogen (secondary N) is 2. The maximum absolute atomic E-state index is 11.7. The molecule has 3 nitrogen and oxygen atoms in total. The summed E-state index contributed by atoms with van der Waals surface area (Å²) < 4.78 is 40.5. The van der Waals surface area contributed by atoms with Crippen molar-refractivity contribution in [3.05, 3.63) is 0 Å². The fraction of sp³-hybridized carbons (Fsp3) is 1.00. The van der Waals surface area contributed by atoms with Gasteiger partial charge < -0.3 is 15.4 Å². The topological polar surface area (TPSA) is 33.3 Å². The number of halogens is 3. The van der Waals surface area contributed by atoms with Gasteiger partial charge in [0.05, 0.1) is 13.2 Å². The summed E-state index contributed by atoms with van der Waals surface area (Å²) in [5.41, 5.74) is 0. The maximum atomic E-state index is 11.7. The highest BCUT2D eigenvalue weighted by atomic mass is 19.4. The number of rotatable bonds is 9. The van der Waals surface area contributed by atoms with E-state index in [1.165, 1.54) is 12.8 Å². The van der Waals surface area contributed by atoms with Gasteiger partial charge in [0, 0.05) is 26.2 Å². The second kappa shape index (κ2) is 7.09. The van der Waals surface area contributed by atoms with Crippen molar-refractivity contribution >= 4 is 0 Å². The standard InChI is InChI=1S/C10H19F3N2O/c11-10(12,13)8-15-4-3-14-5-6-16-7-9-1-2-9/h9,14-15H,1-8H2. The molecule has 1 aliphatic carbocycles. The van der Waals surface area contributed by atoms with Gasteiger partial charge in [0.1, 0.15) is 0 Å². The molecule has 0 aromatic heterocycles. The van der Waals surface area contributed by atoms with Crippen LogP contribution in [0.3, 0.4) is 0 Å². The second-order valence-electron chi connectivity index (χ2n) is 4.06. The number of hydrogen-bond donors (Lipinski definition) is 2. The molecule has 1 rings (SSSR count). The summed E-state index contributed by atoms with van der Waals surface area (Å²) in [6.45, 7) is 2.09. The minimum Gasteiger partial charge on any atom is -0.380 e. The van der Waals surface area contributed by atoms with E-state index in [1.807, 2.05) is 0 Å². The molecule has 0 atom stereocenters. The van der Waals surface area contributed by atoms with E-state index in [0.29, 0.717) is 26.2 Å². The highest BCUT2D eigenvalue weighted by Gasteiger charge is 2.25. The Morgan fingerprint density at radius 1 is 1.06 bits per heavy atom. The third-order valence-electron chi connectivity index (χ3n) is 2.28. The van der Waals surface area contributed by atoms with Crippen LogP contribution in [-0.4, -0.2) is 45.6 Å². The Labute approximate surface area is 93.7 Å². The minimum absolute atomic E-state index is 0.322. The molecule has 0 heterocycles. The van der Waals surface area contributed by atoms with Crippen LogP contribution in [-0.2, 0) is 4.74 Å². The van der Waals surface area contributed by atoms with Crippen molar-refractivity contribution in [2.24, 2.45) is 5.92 Å². The van der Waals surface area contributed by atoms with Crippen LogP contribution in [0.15, 0.2) is 0 Å². The summed E-state index contributed by atoms with van der Waals surface area (Å²) in [6.07, 6.45) is -1.57. The predicted octanol–water partition coefficient (Wildman–Crippen LogP) is 1.15. The number of alkyl halides is 3. The Bertz CT molecular complexity index is 183. The van der Waals surface area contributed by atoms with Crippen molar-refractivity contribution in [3.63, 3.8) is 0 Å². The molecule has 1 aliphatic rings. The summed E-state index contributed by atoms with van der Waals surface area (Å²) in [5, 5.41) is 5.33. The first-order chi connectivity index (χ1) is 7.58. The molecule has 0 saturated heterocycles. The molecule has 0 unspecified atom stereocenters. The zero-order chi connectivity index (χ0) is 11.9. The molecule has 0 spiro atoms. The quantitative estimate of drug-likeness (QED) is 0.593. The smallest absolute Gasteiger partial charge is 0.380 e. The lowest BCUT2D eigenvalue weighted by atomic mass is 10.5. The molecule has 16 heavy (non-hydrogen) atoms. The van der Waals surface area contributed by atoms with Crippen LogP contribution in [0.4, 0.5) is 13.2 Å². The average molecular weight is 240 g/mol. The van der Waals surface area contributed by atoms with Gasteiger partial charge in [0.25, 0.3) is 0 Å². The normalized spacial score (nSPS) is 16.7. The SMILES string of the molecule is FC(F)(F)CNCCNCCOCC1CC1. The molecular weight excluding hydrogens is 221 g/mol. The van der Waals surface area contributed by atoms with Crippen molar-refractivity contribution in [1.29, 1.82) is 0 Å². The zero-order valence-corrected chi connectivity index (χ0v) is 9.28. The van der Waals surface area contributed by atoms with Gasteiger partial charge >= 0.3 is 6.18 Å². The third-order valence-corrected chi connectivity index (χ3v) is 2.28. The predicted molar refractivity (Wildman–Crippen MR) is 55.3 cm³/mol.